The first kappa shape index (κ1) is 14.6. The number of likely N-dealkylation sites (tertiary alicyclic amines) is 1. The molecule has 4 heteroatoms. The van der Waals surface area contributed by atoms with Crippen molar-refractivity contribution < 1.29 is 10.0 Å². The second-order valence-electron chi connectivity index (χ2n) is 5.27. The number of oxime groups is 1. The SMILES string of the molecule is CCC1CN(C(=O)CCc2ccccc2)CC/C1=N\O. The van der Waals surface area contributed by atoms with Gasteiger partial charge in [-0.05, 0) is 18.4 Å². The van der Waals surface area contributed by atoms with Crippen LogP contribution >= 0.6 is 0 Å². The Morgan fingerprint density at radius 2 is 2.15 bits per heavy atom. The molecule has 1 saturated heterocycles. The average Bonchev–Trinajstić information content (AvgIpc) is 2.52. The van der Waals surface area contributed by atoms with E-state index in [0.717, 1.165) is 18.6 Å². The van der Waals surface area contributed by atoms with E-state index in [-0.39, 0.29) is 11.8 Å². The van der Waals surface area contributed by atoms with Crippen molar-refractivity contribution in [2.24, 2.45) is 11.1 Å². The quantitative estimate of drug-likeness (QED) is 0.678. The number of benzene rings is 1. The first-order chi connectivity index (χ1) is 9.74. The maximum atomic E-state index is 12.3. The van der Waals surface area contributed by atoms with Crippen LogP contribution < -0.4 is 0 Å². The van der Waals surface area contributed by atoms with Gasteiger partial charge in [-0.2, -0.15) is 0 Å². The third kappa shape index (κ3) is 3.59. The average molecular weight is 274 g/mol. The molecule has 0 aliphatic carbocycles. The molecule has 20 heavy (non-hydrogen) atoms. The summed E-state index contributed by atoms with van der Waals surface area (Å²) in [4.78, 5) is 14.2. The minimum Gasteiger partial charge on any atom is -0.411 e. The molecule has 1 unspecified atom stereocenters. The van der Waals surface area contributed by atoms with Crippen molar-refractivity contribution in [1.82, 2.24) is 4.90 Å². The Labute approximate surface area is 120 Å². The lowest BCUT2D eigenvalue weighted by Gasteiger charge is -2.33. The largest absolute Gasteiger partial charge is 0.411 e. The smallest absolute Gasteiger partial charge is 0.222 e. The van der Waals surface area contributed by atoms with Crippen molar-refractivity contribution in [2.45, 2.75) is 32.6 Å². The highest BCUT2D eigenvalue weighted by Crippen LogP contribution is 2.18. The van der Waals surface area contributed by atoms with Gasteiger partial charge in [-0.3, -0.25) is 4.79 Å². The Kier molecular flexibility index (Phi) is 5.16. The van der Waals surface area contributed by atoms with Gasteiger partial charge < -0.3 is 10.1 Å². The van der Waals surface area contributed by atoms with E-state index in [1.165, 1.54) is 5.56 Å². The van der Waals surface area contributed by atoms with Gasteiger partial charge in [0.15, 0.2) is 0 Å². The highest BCUT2D eigenvalue weighted by Gasteiger charge is 2.27. The first-order valence-corrected chi connectivity index (χ1v) is 7.27. The molecular formula is C16H22N2O2. The standard InChI is InChI=1S/C16H22N2O2/c1-2-14-12-18(11-10-15(14)17-20)16(19)9-8-13-6-4-3-5-7-13/h3-7,14,20H,2,8-12H2,1H3/b17-15+. The zero-order valence-electron chi connectivity index (χ0n) is 12.0. The lowest BCUT2D eigenvalue weighted by atomic mass is 9.93. The Hall–Kier alpha value is -1.84. The molecule has 0 spiro atoms. The molecule has 0 saturated carbocycles. The van der Waals surface area contributed by atoms with E-state index >= 15 is 0 Å². The molecule has 1 aliphatic rings. The molecule has 1 atom stereocenters. The van der Waals surface area contributed by atoms with E-state index in [9.17, 15) is 4.79 Å². The first-order valence-electron chi connectivity index (χ1n) is 7.27. The van der Waals surface area contributed by atoms with Crippen molar-refractivity contribution in [1.29, 1.82) is 0 Å². The molecule has 1 aromatic rings. The topological polar surface area (TPSA) is 52.9 Å². The summed E-state index contributed by atoms with van der Waals surface area (Å²) in [5.41, 5.74) is 2.03. The normalized spacial score (nSPS) is 21.1. The van der Waals surface area contributed by atoms with Gasteiger partial charge in [-0.25, -0.2) is 0 Å². The minimum absolute atomic E-state index is 0.198. The van der Waals surface area contributed by atoms with Crippen LogP contribution in [0.1, 0.15) is 31.7 Å². The molecule has 2 rings (SSSR count). The van der Waals surface area contributed by atoms with Crippen molar-refractivity contribution in [3.8, 4) is 0 Å². The van der Waals surface area contributed by atoms with Crippen LogP contribution in [0.2, 0.25) is 0 Å². The third-order valence-electron chi connectivity index (χ3n) is 3.99. The van der Waals surface area contributed by atoms with Gasteiger partial charge in [0.1, 0.15) is 0 Å². The van der Waals surface area contributed by atoms with Crippen LogP contribution in [0.5, 0.6) is 0 Å². The fourth-order valence-corrected chi connectivity index (χ4v) is 2.69. The zero-order chi connectivity index (χ0) is 14.4. The summed E-state index contributed by atoms with van der Waals surface area (Å²) in [7, 11) is 0. The van der Waals surface area contributed by atoms with E-state index in [1.807, 2.05) is 23.1 Å². The van der Waals surface area contributed by atoms with E-state index < -0.39 is 0 Å². The van der Waals surface area contributed by atoms with Crippen LogP contribution in [0, 0.1) is 5.92 Å². The Morgan fingerprint density at radius 3 is 2.80 bits per heavy atom. The van der Waals surface area contributed by atoms with E-state index in [2.05, 4.69) is 24.2 Å². The second kappa shape index (κ2) is 7.08. The number of hydrogen-bond acceptors (Lipinski definition) is 3. The van der Waals surface area contributed by atoms with E-state index in [0.29, 0.717) is 25.9 Å². The van der Waals surface area contributed by atoms with Crippen molar-refractivity contribution in [3.05, 3.63) is 35.9 Å². The van der Waals surface area contributed by atoms with Gasteiger partial charge in [-0.1, -0.05) is 42.4 Å². The highest BCUT2D eigenvalue weighted by molar-refractivity contribution is 5.89. The monoisotopic (exact) mass is 274 g/mol. The molecule has 1 aliphatic heterocycles. The van der Waals surface area contributed by atoms with Gasteiger partial charge in [0.25, 0.3) is 0 Å². The predicted octanol–water partition coefficient (Wildman–Crippen LogP) is 2.71. The molecule has 4 nitrogen and oxygen atoms in total. The lowest BCUT2D eigenvalue weighted by Crippen LogP contribution is -2.44. The number of hydrogen-bond donors (Lipinski definition) is 1. The van der Waals surface area contributed by atoms with Crippen LogP contribution in [0.4, 0.5) is 0 Å². The molecule has 1 amide bonds. The maximum absolute atomic E-state index is 12.3. The third-order valence-corrected chi connectivity index (χ3v) is 3.99. The van der Waals surface area contributed by atoms with Crippen molar-refractivity contribution >= 4 is 11.6 Å². The molecule has 1 heterocycles. The maximum Gasteiger partial charge on any atom is 0.222 e. The van der Waals surface area contributed by atoms with Crippen LogP contribution in [0.25, 0.3) is 0 Å². The molecule has 108 valence electrons. The molecule has 0 radical (unpaired) electrons. The molecular weight excluding hydrogens is 252 g/mol. The number of carbonyl (C=O) groups is 1. The molecule has 0 aromatic heterocycles. The molecule has 1 fully saturated rings. The van der Waals surface area contributed by atoms with Crippen LogP contribution in [-0.2, 0) is 11.2 Å². The number of piperidine rings is 1. The fraction of sp³-hybridized carbons (Fsp3) is 0.500. The van der Waals surface area contributed by atoms with Crippen LogP contribution in [-0.4, -0.2) is 34.8 Å². The van der Waals surface area contributed by atoms with Crippen LogP contribution in [0.3, 0.4) is 0 Å². The summed E-state index contributed by atoms with van der Waals surface area (Å²) in [5, 5.41) is 12.3. The fourth-order valence-electron chi connectivity index (χ4n) is 2.69. The number of carbonyl (C=O) groups excluding carboxylic acids is 1. The summed E-state index contributed by atoms with van der Waals surface area (Å²) in [5.74, 6) is 0.402. The van der Waals surface area contributed by atoms with E-state index in [1.54, 1.807) is 0 Å². The van der Waals surface area contributed by atoms with Gasteiger partial charge in [0.05, 0.1) is 5.71 Å². The van der Waals surface area contributed by atoms with Gasteiger partial charge >= 0.3 is 0 Å². The van der Waals surface area contributed by atoms with E-state index in [4.69, 9.17) is 5.21 Å². The number of aryl methyl sites for hydroxylation is 1. The molecule has 1 N–H and O–H groups in total. The highest BCUT2D eigenvalue weighted by atomic mass is 16.4. The number of amides is 1. The minimum atomic E-state index is 0.198. The van der Waals surface area contributed by atoms with Gasteiger partial charge in [0.2, 0.25) is 5.91 Å². The zero-order valence-corrected chi connectivity index (χ0v) is 12.0. The van der Waals surface area contributed by atoms with Gasteiger partial charge in [-0.15, -0.1) is 0 Å². The summed E-state index contributed by atoms with van der Waals surface area (Å²) in [6.45, 7) is 3.42. The second-order valence-corrected chi connectivity index (χ2v) is 5.27. The van der Waals surface area contributed by atoms with Crippen molar-refractivity contribution in [3.63, 3.8) is 0 Å². The summed E-state index contributed by atoms with van der Waals surface area (Å²) >= 11 is 0. The molecule has 0 bridgehead atoms. The Morgan fingerprint density at radius 1 is 1.40 bits per heavy atom. The number of nitrogens with zero attached hydrogens (tertiary/aromatic N) is 2. The molecule has 1 aromatic carbocycles. The summed E-state index contributed by atoms with van der Waals surface area (Å²) < 4.78 is 0. The Balaban J connectivity index is 1.87. The summed E-state index contributed by atoms with van der Waals surface area (Å²) in [6, 6.07) is 10.1. The Bertz CT molecular complexity index is 471. The lowest BCUT2D eigenvalue weighted by molar-refractivity contribution is -0.131. The van der Waals surface area contributed by atoms with Crippen molar-refractivity contribution in [2.75, 3.05) is 13.1 Å². The van der Waals surface area contributed by atoms with Gasteiger partial charge in [0, 0.05) is 31.8 Å². The summed E-state index contributed by atoms with van der Waals surface area (Å²) in [6.07, 6.45) is 2.92. The number of rotatable bonds is 4. The predicted molar refractivity (Wildman–Crippen MR) is 79.0 cm³/mol. The van der Waals surface area contributed by atoms with Crippen LogP contribution in [0.15, 0.2) is 35.5 Å².